The molecular formula is C17H39IO8. The van der Waals surface area contributed by atoms with Gasteiger partial charge in [-0.25, -0.2) is 0 Å². The number of rotatable bonds is 16. The van der Waals surface area contributed by atoms with Gasteiger partial charge < -0.3 is 38.6 Å². The van der Waals surface area contributed by atoms with Crippen LogP contribution in [-0.2, 0) is 28.4 Å². The van der Waals surface area contributed by atoms with E-state index in [1.54, 1.807) is 14.2 Å². The van der Waals surface area contributed by atoms with Crippen molar-refractivity contribution in [2.75, 3.05) is 85.2 Å². The van der Waals surface area contributed by atoms with E-state index in [9.17, 15) is 0 Å². The summed E-state index contributed by atoms with van der Waals surface area (Å²) in [5, 5.41) is 16.7. The minimum Gasteiger partial charge on any atom is -0.394 e. The van der Waals surface area contributed by atoms with Crippen molar-refractivity contribution in [2.24, 2.45) is 0 Å². The van der Waals surface area contributed by atoms with Gasteiger partial charge in [-0.1, -0.05) is 22.6 Å². The summed E-state index contributed by atoms with van der Waals surface area (Å²) < 4.78 is 30.4. The predicted octanol–water partition coefficient (Wildman–Crippen LogP) is 1.14. The molecular weight excluding hydrogens is 459 g/mol. The number of hydrogen-bond acceptors (Lipinski definition) is 8. The summed E-state index contributed by atoms with van der Waals surface area (Å²) in [4.78, 5) is 1.97. The van der Waals surface area contributed by atoms with Crippen molar-refractivity contribution in [2.45, 2.75) is 26.1 Å². The average molecular weight is 498 g/mol. The molecule has 0 aromatic rings. The highest BCUT2D eigenvalue weighted by Crippen LogP contribution is 1.92. The summed E-state index contributed by atoms with van der Waals surface area (Å²) in [6.07, 6.45) is 0.0979. The second kappa shape index (κ2) is 30.1. The van der Waals surface area contributed by atoms with Crippen molar-refractivity contribution >= 4 is 22.6 Å². The maximum Gasteiger partial charge on any atom is 0.0781 e. The molecule has 0 rings (SSSR count). The Labute approximate surface area is 172 Å². The molecule has 0 aliphatic heterocycles. The van der Waals surface area contributed by atoms with Gasteiger partial charge in [-0.2, -0.15) is 0 Å². The molecule has 2 unspecified atom stereocenters. The normalized spacial score (nSPS) is 12.5. The summed E-state index contributed by atoms with van der Waals surface area (Å²) in [7, 11) is 3.31. The Kier molecular flexibility index (Phi) is 36.1. The fourth-order valence-corrected chi connectivity index (χ4v) is 1.39. The third-order valence-corrected chi connectivity index (χ3v) is 2.56. The van der Waals surface area contributed by atoms with E-state index in [1.807, 2.05) is 18.8 Å². The molecule has 8 nitrogen and oxygen atoms in total. The van der Waals surface area contributed by atoms with Crippen LogP contribution in [0.5, 0.6) is 0 Å². The summed E-state index contributed by atoms with van der Waals surface area (Å²) in [5.41, 5.74) is 0. The number of halogens is 1. The first kappa shape index (κ1) is 31.1. The van der Waals surface area contributed by atoms with E-state index in [1.165, 1.54) is 0 Å². The number of methoxy groups -OCH3 is 2. The minimum atomic E-state index is -0.0197. The lowest BCUT2D eigenvalue weighted by atomic mass is 10.4. The first-order valence-electron chi connectivity index (χ1n) is 8.58. The van der Waals surface area contributed by atoms with Gasteiger partial charge in [0.2, 0.25) is 0 Å². The van der Waals surface area contributed by atoms with Crippen LogP contribution in [0.1, 0.15) is 13.8 Å². The van der Waals surface area contributed by atoms with E-state index in [-0.39, 0.29) is 25.4 Å². The monoisotopic (exact) mass is 498 g/mol. The minimum absolute atomic E-state index is 0.0197. The van der Waals surface area contributed by atoms with Crippen molar-refractivity contribution in [3.63, 3.8) is 0 Å². The molecule has 2 N–H and O–H groups in total. The number of aliphatic hydroxyl groups excluding tert-OH is 2. The van der Waals surface area contributed by atoms with Gasteiger partial charge >= 0.3 is 0 Å². The third kappa shape index (κ3) is 32.1. The fourth-order valence-electron chi connectivity index (χ4n) is 1.39. The van der Waals surface area contributed by atoms with Crippen LogP contribution in [0.2, 0.25) is 0 Å². The lowest BCUT2D eigenvalue weighted by Crippen LogP contribution is -2.19. The summed E-state index contributed by atoms with van der Waals surface area (Å²) in [5.74, 6) is 0. The third-order valence-electron chi connectivity index (χ3n) is 2.56. The molecule has 0 spiro atoms. The van der Waals surface area contributed by atoms with Gasteiger partial charge in [-0.3, -0.25) is 0 Å². The molecule has 2 atom stereocenters. The summed E-state index contributed by atoms with van der Waals surface area (Å²) in [6, 6.07) is 0. The van der Waals surface area contributed by atoms with E-state index in [2.05, 4.69) is 22.6 Å². The topological polar surface area (TPSA) is 95.8 Å². The standard InChI is InChI=1S/C9H20O4.C7H16O4.CH3I/c1-9(13-7-5-11-3)8-12-6-4-10-2;1-7(11-5-3-9)6-10-4-2-8;1-2/h9H,4-8H2,1-3H3;7-9H,2-6H2,1H3;1H3. The molecule has 0 amide bonds. The van der Waals surface area contributed by atoms with Gasteiger partial charge in [-0.05, 0) is 18.8 Å². The molecule has 0 radical (unpaired) electrons. The van der Waals surface area contributed by atoms with Crippen molar-refractivity contribution in [1.82, 2.24) is 0 Å². The van der Waals surface area contributed by atoms with E-state index in [0.29, 0.717) is 52.9 Å². The van der Waals surface area contributed by atoms with Crippen molar-refractivity contribution < 1.29 is 38.6 Å². The molecule has 162 valence electrons. The molecule has 0 bridgehead atoms. The van der Waals surface area contributed by atoms with Crippen LogP contribution in [0.4, 0.5) is 0 Å². The molecule has 0 saturated heterocycles. The first-order chi connectivity index (χ1) is 12.6. The molecule has 9 heteroatoms. The fraction of sp³-hybridized carbons (Fsp3) is 1.00. The lowest BCUT2D eigenvalue weighted by Gasteiger charge is -2.12. The van der Waals surface area contributed by atoms with Gasteiger partial charge in [0.15, 0.2) is 0 Å². The Bertz CT molecular complexity index is 225. The molecule has 0 aromatic heterocycles. The predicted molar refractivity (Wildman–Crippen MR) is 110 cm³/mol. The molecule has 0 aliphatic rings. The van der Waals surface area contributed by atoms with Gasteiger partial charge in [0.05, 0.1) is 78.3 Å². The van der Waals surface area contributed by atoms with E-state index in [0.717, 1.165) is 0 Å². The van der Waals surface area contributed by atoms with Crippen LogP contribution in [0, 0.1) is 0 Å². The van der Waals surface area contributed by atoms with Crippen LogP contribution >= 0.6 is 22.6 Å². The zero-order valence-corrected chi connectivity index (χ0v) is 19.1. The lowest BCUT2D eigenvalue weighted by molar-refractivity contribution is -0.0320. The van der Waals surface area contributed by atoms with E-state index < -0.39 is 0 Å². The highest BCUT2D eigenvalue weighted by atomic mass is 127. The zero-order chi connectivity index (χ0) is 20.5. The number of ether oxygens (including phenoxy) is 6. The molecule has 0 aromatic carbocycles. The Hall–Kier alpha value is 0.410. The van der Waals surface area contributed by atoms with Crippen LogP contribution < -0.4 is 0 Å². The molecule has 0 fully saturated rings. The molecule has 0 aliphatic carbocycles. The summed E-state index contributed by atoms with van der Waals surface area (Å²) >= 11 is 2.15. The molecule has 0 heterocycles. The smallest absolute Gasteiger partial charge is 0.0781 e. The highest BCUT2D eigenvalue weighted by molar-refractivity contribution is 14.1. The molecule has 26 heavy (non-hydrogen) atoms. The van der Waals surface area contributed by atoms with Crippen LogP contribution in [-0.4, -0.2) is 108 Å². The maximum absolute atomic E-state index is 8.38. The second-order valence-corrected chi connectivity index (χ2v) is 4.95. The van der Waals surface area contributed by atoms with Gasteiger partial charge in [0.1, 0.15) is 0 Å². The van der Waals surface area contributed by atoms with Gasteiger partial charge in [-0.15, -0.1) is 0 Å². The quantitative estimate of drug-likeness (QED) is 0.186. The van der Waals surface area contributed by atoms with E-state index >= 15 is 0 Å². The van der Waals surface area contributed by atoms with Crippen molar-refractivity contribution in [1.29, 1.82) is 0 Å². The Morgan fingerprint density at radius 3 is 1.54 bits per heavy atom. The van der Waals surface area contributed by atoms with E-state index in [4.69, 9.17) is 38.6 Å². The number of hydrogen-bond donors (Lipinski definition) is 2. The Morgan fingerprint density at radius 1 is 0.654 bits per heavy atom. The van der Waals surface area contributed by atoms with Crippen LogP contribution in [0.3, 0.4) is 0 Å². The summed E-state index contributed by atoms with van der Waals surface area (Å²) in [6.45, 7) is 8.13. The van der Waals surface area contributed by atoms with Gasteiger partial charge in [0.25, 0.3) is 0 Å². The number of aliphatic hydroxyl groups is 2. The van der Waals surface area contributed by atoms with Crippen molar-refractivity contribution in [3.8, 4) is 0 Å². The Morgan fingerprint density at radius 2 is 1.08 bits per heavy atom. The average Bonchev–Trinajstić information content (AvgIpc) is 2.66. The van der Waals surface area contributed by atoms with Crippen LogP contribution in [0.25, 0.3) is 0 Å². The largest absolute Gasteiger partial charge is 0.394 e. The second-order valence-electron chi connectivity index (χ2n) is 4.95. The molecule has 0 saturated carbocycles. The first-order valence-corrected chi connectivity index (χ1v) is 10.7. The zero-order valence-electron chi connectivity index (χ0n) is 16.9. The SMILES string of the molecule is CC(COCCO)OCCO.CI.COCCOCC(C)OCCOC. The Balaban J connectivity index is -0.000000375. The van der Waals surface area contributed by atoms with Gasteiger partial charge in [0, 0.05) is 14.2 Å². The highest BCUT2D eigenvalue weighted by Gasteiger charge is 2.01. The van der Waals surface area contributed by atoms with Crippen molar-refractivity contribution in [3.05, 3.63) is 0 Å². The number of alkyl halides is 1. The van der Waals surface area contributed by atoms with Crippen LogP contribution in [0.15, 0.2) is 0 Å². The maximum atomic E-state index is 8.38.